The summed E-state index contributed by atoms with van der Waals surface area (Å²) in [6.07, 6.45) is 7.22. The summed E-state index contributed by atoms with van der Waals surface area (Å²) in [5.74, 6) is 0.203. The molecule has 4 rings (SSSR count). The number of hydrogen-bond acceptors (Lipinski definition) is 4. The number of nitrogens with one attached hydrogen (secondary N) is 1. The van der Waals surface area contributed by atoms with Gasteiger partial charge in [-0.25, -0.2) is 0 Å². The Labute approximate surface area is 164 Å². The summed E-state index contributed by atoms with van der Waals surface area (Å²) < 4.78 is 0. The fourth-order valence-corrected chi connectivity index (χ4v) is 3.66. The van der Waals surface area contributed by atoms with Crippen molar-refractivity contribution < 1.29 is 9.59 Å². The molecule has 0 aliphatic heterocycles. The SMILES string of the molecule is Cc1cc(NC(=O)CC#N)ccc1-c1cc(CC(=O)C2CC2)nc2c1C=CC2. The second kappa shape index (κ2) is 7.40. The first kappa shape index (κ1) is 18.1. The number of aromatic nitrogens is 1. The zero-order valence-electron chi connectivity index (χ0n) is 15.8. The average Bonchev–Trinajstić information content (AvgIpc) is 3.40. The van der Waals surface area contributed by atoms with Gasteiger partial charge in [-0.15, -0.1) is 0 Å². The van der Waals surface area contributed by atoms with E-state index in [0.717, 1.165) is 52.9 Å². The Morgan fingerprint density at radius 2 is 2.07 bits per heavy atom. The molecule has 2 aromatic rings. The van der Waals surface area contributed by atoms with E-state index in [1.165, 1.54) is 0 Å². The fraction of sp³-hybridized carbons (Fsp3) is 0.304. The zero-order chi connectivity index (χ0) is 19.7. The number of benzene rings is 1. The molecule has 0 spiro atoms. The number of fused-ring (bicyclic) bond motifs is 1. The summed E-state index contributed by atoms with van der Waals surface area (Å²) in [7, 11) is 0. The highest BCUT2D eigenvalue weighted by atomic mass is 16.1. The molecule has 0 bridgehead atoms. The Bertz CT molecular complexity index is 1040. The molecule has 1 aromatic carbocycles. The van der Waals surface area contributed by atoms with Gasteiger partial charge in [-0.2, -0.15) is 5.26 Å². The van der Waals surface area contributed by atoms with Crippen LogP contribution in [0.5, 0.6) is 0 Å². The molecule has 5 heteroatoms. The zero-order valence-corrected chi connectivity index (χ0v) is 15.8. The lowest BCUT2D eigenvalue weighted by molar-refractivity contribution is -0.119. The molecule has 1 amide bonds. The van der Waals surface area contributed by atoms with Crippen molar-refractivity contribution in [3.63, 3.8) is 0 Å². The van der Waals surface area contributed by atoms with Crippen molar-refractivity contribution in [2.45, 2.75) is 39.0 Å². The van der Waals surface area contributed by atoms with Gasteiger partial charge in [0.05, 0.1) is 11.8 Å². The van der Waals surface area contributed by atoms with Gasteiger partial charge < -0.3 is 5.32 Å². The molecule has 1 saturated carbocycles. The van der Waals surface area contributed by atoms with Crippen molar-refractivity contribution in [1.29, 1.82) is 5.26 Å². The van der Waals surface area contributed by atoms with Crippen LogP contribution >= 0.6 is 0 Å². The molecule has 1 fully saturated rings. The molecule has 0 saturated heterocycles. The number of nitrogens with zero attached hydrogens (tertiary/aromatic N) is 2. The van der Waals surface area contributed by atoms with Crippen LogP contribution in [0.15, 0.2) is 30.3 Å². The molecule has 0 radical (unpaired) electrons. The van der Waals surface area contributed by atoms with Gasteiger partial charge in [0, 0.05) is 35.7 Å². The third-order valence-electron chi connectivity index (χ3n) is 5.21. The van der Waals surface area contributed by atoms with Crippen molar-refractivity contribution in [3.8, 4) is 17.2 Å². The predicted molar refractivity (Wildman–Crippen MR) is 107 cm³/mol. The standard InChI is InChI=1S/C23H21N3O2/c1-14-11-16(26-23(28)9-10-24)7-8-18(14)20-12-17(13-22(27)15-5-6-15)25-21-4-2-3-19(20)21/h2-3,7-8,11-12,15H,4-6,9,13H2,1H3,(H,26,28). The van der Waals surface area contributed by atoms with Crippen LogP contribution in [0.25, 0.3) is 17.2 Å². The molecular weight excluding hydrogens is 350 g/mol. The summed E-state index contributed by atoms with van der Waals surface area (Å²) in [6, 6.07) is 9.61. The van der Waals surface area contributed by atoms with Gasteiger partial charge in [-0.05, 0) is 54.7 Å². The molecule has 1 aromatic heterocycles. The Kier molecular flexibility index (Phi) is 4.79. The summed E-state index contributed by atoms with van der Waals surface area (Å²) >= 11 is 0. The monoisotopic (exact) mass is 371 g/mol. The first-order chi connectivity index (χ1) is 13.5. The van der Waals surface area contributed by atoms with Gasteiger partial charge in [-0.1, -0.05) is 18.2 Å². The predicted octanol–water partition coefficient (Wildman–Crippen LogP) is 4.00. The van der Waals surface area contributed by atoms with Gasteiger partial charge in [-0.3, -0.25) is 14.6 Å². The first-order valence-electron chi connectivity index (χ1n) is 9.55. The highest BCUT2D eigenvalue weighted by molar-refractivity contribution is 5.93. The van der Waals surface area contributed by atoms with Gasteiger partial charge in [0.1, 0.15) is 12.2 Å². The van der Waals surface area contributed by atoms with Gasteiger partial charge >= 0.3 is 0 Å². The van der Waals surface area contributed by atoms with Gasteiger partial charge in [0.2, 0.25) is 5.91 Å². The number of pyridine rings is 1. The summed E-state index contributed by atoms with van der Waals surface area (Å²) in [4.78, 5) is 28.7. The number of amides is 1. The smallest absolute Gasteiger partial charge is 0.238 e. The number of aryl methyl sites for hydroxylation is 1. The first-order valence-corrected chi connectivity index (χ1v) is 9.55. The van der Waals surface area contributed by atoms with E-state index in [0.29, 0.717) is 12.1 Å². The largest absolute Gasteiger partial charge is 0.325 e. The Balaban J connectivity index is 1.67. The molecule has 1 heterocycles. The van der Waals surface area contributed by atoms with E-state index >= 15 is 0 Å². The maximum absolute atomic E-state index is 12.3. The summed E-state index contributed by atoms with van der Waals surface area (Å²) in [5.41, 5.74) is 6.78. The Hall–Kier alpha value is -3.26. The van der Waals surface area contributed by atoms with Crippen LogP contribution in [-0.2, 0) is 22.4 Å². The molecule has 0 unspecified atom stereocenters. The van der Waals surface area contributed by atoms with Crippen LogP contribution in [0.3, 0.4) is 0 Å². The molecule has 140 valence electrons. The van der Waals surface area contributed by atoms with Crippen LogP contribution in [0.2, 0.25) is 0 Å². The van der Waals surface area contributed by atoms with Gasteiger partial charge in [0.15, 0.2) is 0 Å². The van der Waals surface area contributed by atoms with Crippen molar-refractivity contribution in [2.75, 3.05) is 5.32 Å². The fourth-order valence-electron chi connectivity index (χ4n) is 3.66. The maximum Gasteiger partial charge on any atom is 0.238 e. The van der Waals surface area contributed by atoms with Crippen LogP contribution in [0, 0.1) is 24.2 Å². The lowest BCUT2D eigenvalue weighted by Gasteiger charge is -2.14. The third kappa shape index (κ3) is 3.72. The third-order valence-corrected chi connectivity index (χ3v) is 5.21. The minimum Gasteiger partial charge on any atom is -0.325 e. The number of rotatable bonds is 6. The van der Waals surface area contributed by atoms with Crippen LogP contribution < -0.4 is 5.32 Å². The highest BCUT2D eigenvalue weighted by Crippen LogP contribution is 2.35. The van der Waals surface area contributed by atoms with Crippen molar-refractivity contribution in [3.05, 3.63) is 52.9 Å². The van der Waals surface area contributed by atoms with Crippen LogP contribution in [0.1, 0.15) is 41.8 Å². The number of nitriles is 1. The Morgan fingerprint density at radius 3 is 2.79 bits per heavy atom. The molecule has 5 nitrogen and oxygen atoms in total. The number of carbonyl (C=O) groups is 2. The van der Waals surface area contributed by atoms with E-state index < -0.39 is 0 Å². The lowest BCUT2D eigenvalue weighted by Crippen LogP contribution is -2.10. The van der Waals surface area contributed by atoms with Crippen LogP contribution in [0.4, 0.5) is 5.69 Å². The number of carbonyl (C=O) groups excluding carboxylic acids is 2. The van der Waals surface area contributed by atoms with Crippen LogP contribution in [-0.4, -0.2) is 16.7 Å². The minimum atomic E-state index is -0.316. The second-order valence-corrected chi connectivity index (χ2v) is 7.46. The van der Waals surface area contributed by atoms with E-state index in [9.17, 15) is 9.59 Å². The summed E-state index contributed by atoms with van der Waals surface area (Å²) in [5, 5.41) is 11.4. The molecule has 28 heavy (non-hydrogen) atoms. The number of allylic oxidation sites excluding steroid dienone is 1. The molecule has 1 N–H and O–H groups in total. The quantitative estimate of drug-likeness (QED) is 0.832. The minimum absolute atomic E-state index is 0.165. The molecule has 2 aliphatic rings. The molecule has 2 aliphatic carbocycles. The number of Topliss-reactive ketones (excluding diaryl/α,β-unsaturated/α-hetero) is 1. The lowest BCUT2D eigenvalue weighted by atomic mass is 9.94. The topological polar surface area (TPSA) is 82.9 Å². The normalized spacial score (nSPS) is 14.4. The van der Waals surface area contributed by atoms with E-state index in [4.69, 9.17) is 10.2 Å². The van der Waals surface area contributed by atoms with Crippen molar-refractivity contribution >= 4 is 23.5 Å². The summed E-state index contributed by atoms with van der Waals surface area (Å²) in [6.45, 7) is 2.00. The number of ketones is 1. The van der Waals surface area contributed by atoms with Crippen molar-refractivity contribution in [1.82, 2.24) is 4.98 Å². The Morgan fingerprint density at radius 1 is 1.25 bits per heavy atom. The molecule has 0 atom stereocenters. The highest BCUT2D eigenvalue weighted by Gasteiger charge is 2.30. The van der Waals surface area contributed by atoms with E-state index in [1.807, 2.05) is 37.3 Å². The van der Waals surface area contributed by atoms with Crippen molar-refractivity contribution in [2.24, 2.45) is 5.92 Å². The van der Waals surface area contributed by atoms with Gasteiger partial charge in [0.25, 0.3) is 0 Å². The van der Waals surface area contributed by atoms with E-state index in [1.54, 1.807) is 0 Å². The molecular formula is C23H21N3O2. The number of hydrogen-bond donors (Lipinski definition) is 1. The van der Waals surface area contributed by atoms with E-state index in [-0.39, 0.29) is 24.0 Å². The average molecular weight is 371 g/mol. The number of anilines is 1. The van der Waals surface area contributed by atoms with E-state index in [2.05, 4.69) is 17.5 Å². The maximum atomic E-state index is 12.3. The second-order valence-electron chi connectivity index (χ2n) is 7.46.